The molecule has 0 amide bonds. The highest BCUT2D eigenvalue weighted by Crippen LogP contribution is 2.13. The Morgan fingerprint density at radius 3 is 2.71 bits per heavy atom. The van der Waals surface area contributed by atoms with Gasteiger partial charge in [-0.25, -0.2) is 0 Å². The van der Waals surface area contributed by atoms with Crippen molar-refractivity contribution in [2.45, 2.75) is 25.1 Å². The van der Waals surface area contributed by atoms with Crippen molar-refractivity contribution < 1.29 is 5.11 Å². The molecule has 0 spiro atoms. The standard InChI is InChI=1S/C13H19BrN2O/c1-16(9-12-6-13(17)7-15-12)8-10-2-4-11(14)5-3-10/h2-5,12-13,15,17H,6-9H2,1H3. The largest absolute Gasteiger partial charge is 0.392 e. The quantitative estimate of drug-likeness (QED) is 0.886. The minimum Gasteiger partial charge on any atom is -0.392 e. The normalized spacial score (nSPS) is 24.5. The van der Waals surface area contributed by atoms with Crippen molar-refractivity contribution in [3.05, 3.63) is 34.3 Å². The van der Waals surface area contributed by atoms with E-state index in [0.29, 0.717) is 6.04 Å². The van der Waals surface area contributed by atoms with Crippen molar-refractivity contribution >= 4 is 15.9 Å². The third kappa shape index (κ3) is 4.07. The third-order valence-corrected chi connectivity index (χ3v) is 3.63. The SMILES string of the molecule is CN(Cc1ccc(Br)cc1)CC1CC(O)CN1. The summed E-state index contributed by atoms with van der Waals surface area (Å²) >= 11 is 3.44. The Morgan fingerprint density at radius 2 is 2.12 bits per heavy atom. The van der Waals surface area contributed by atoms with Crippen LogP contribution in [0.15, 0.2) is 28.7 Å². The summed E-state index contributed by atoms with van der Waals surface area (Å²) in [5, 5.41) is 12.8. The predicted molar refractivity (Wildman–Crippen MR) is 72.9 cm³/mol. The number of benzene rings is 1. The van der Waals surface area contributed by atoms with Gasteiger partial charge in [0.1, 0.15) is 0 Å². The van der Waals surface area contributed by atoms with Crippen LogP contribution < -0.4 is 5.32 Å². The molecule has 0 bridgehead atoms. The third-order valence-electron chi connectivity index (χ3n) is 3.10. The summed E-state index contributed by atoms with van der Waals surface area (Å²) in [6.07, 6.45) is 0.700. The van der Waals surface area contributed by atoms with E-state index in [4.69, 9.17) is 0 Å². The van der Waals surface area contributed by atoms with Crippen molar-refractivity contribution in [1.82, 2.24) is 10.2 Å². The summed E-state index contributed by atoms with van der Waals surface area (Å²) in [6, 6.07) is 8.83. The summed E-state index contributed by atoms with van der Waals surface area (Å²) in [4.78, 5) is 2.29. The smallest absolute Gasteiger partial charge is 0.0680 e. The van der Waals surface area contributed by atoms with Gasteiger partial charge in [0.25, 0.3) is 0 Å². The molecule has 1 aliphatic heterocycles. The first-order chi connectivity index (χ1) is 8.13. The van der Waals surface area contributed by atoms with E-state index in [1.54, 1.807) is 0 Å². The maximum Gasteiger partial charge on any atom is 0.0680 e. The number of β-amino-alcohol motifs (C(OH)–C–C–N with tert-alkyl or cyclic N) is 1. The van der Waals surface area contributed by atoms with Gasteiger partial charge < -0.3 is 15.3 Å². The Bertz CT molecular complexity index is 355. The van der Waals surface area contributed by atoms with Crippen LogP contribution in [-0.4, -0.2) is 42.3 Å². The highest BCUT2D eigenvalue weighted by molar-refractivity contribution is 9.10. The maximum atomic E-state index is 9.45. The first kappa shape index (κ1) is 13.0. The zero-order valence-corrected chi connectivity index (χ0v) is 11.7. The van der Waals surface area contributed by atoms with Gasteiger partial charge in [0.2, 0.25) is 0 Å². The first-order valence-electron chi connectivity index (χ1n) is 5.98. The molecule has 94 valence electrons. The van der Waals surface area contributed by atoms with Crippen LogP contribution in [0.5, 0.6) is 0 Å². The number of aliphatic hydroxyl groups is 1. The van der Waals surface area contributed by atoms with Crippen LogP contribution in [-0.2, 0) is 6.54 Å². The van der Waals surface area contributed by atoms with Crippen LogP contribution in [0.1, 0.15) is 12.0 Å². The van der Waals surface area contributed by atoms with Gasteiger partial charge in [0.15, 0.2) is 0 Å². The van der Waals surface area contributed by atoms with Gasteiger partial charge in [-0.1, -0.05) is 28.1 Å². The lowest BCUT2D eigenvalue weighted by molar-refractivity contribution is 0.189. The number of hydrogen-bond donors (Lipinski definition) is 2. The van der Waals surface area contributed by atoms with Gasteiger partial charge in [0.05, 0.1) is 6.10 Å². The molecule has 1 heterocycles. The maximum absolute atomic E-state index is 9.45. The summed E-state index contributed by atoms with van der Waals surface area (Å²) < 4.78 is 1.12. The number of likely N-dealkylation sites (N-methyl/N-ethyl adjacent to an activating group) is 1. The zero-order valence-electron chi connectivity index (χ0n) is 10.1. The number of rotatable bonds is 4. The molecule has 1 aromatic rings. The molecule has 0 aromatic heterocycles. The molecule has 0 aliphatic carbocycles. The van der Waals surface area contributed by atoms with Gasteiger partial charge >= 0.3 is 0 Å². The second kappa shape index (κ2) is 5.96. The molecule has 1 fully saturated rings. The molecule has 2 unspecified atom stereocenters. The lowest BCUT2D eigenvalue weighted by Gasteiger charge is -2.21. The van der Waals surface area contributed by atoms with Crippen LogP contribution in [0, 0.1) is 0 Å². The van der Waals surface area contributed by atoms with E-state index in [1.165, 1.54) is 5.56 Å². The molecule has 1 saturated heterocycles. The van der Waals surface area contributed by atoms with Gasteiger partial charge in [-0.05, 0) is 31.2 Å². The van der Waals surface area contributed by atoms with E-state index in [2.05, 4.69) is 57.5 Å². The van der Waals surface area contributed by atoms with Crippen molar-refractivity contribution in [2.75, 3.05) is 20.1 Å². The predicted octanol–water partition coefficient (Wildman–Crippen LogP) is 1.60. The number of nitrogens with one attached hydrogen (secondary N) is 1. The Labute approximate surface area is 111 Å². The van der Waals surface area contributed by atoms with E-state index < -0.39 is 0 Å². The Morgan fingerprint density at radius 1 is 1.41 bits per heavy atom. The molecule has 0 saturated carbocycles. The van der Waals surface area contributed by atoms with Crippen LogP contribution in [0.4, 0.5) is 0 Å². The van der Waals surface area contributed by atoms with Crippen molar-refractivity contribution in [3.8, 4) is 0 Å². The zero-order chi connectivity index (χ0) is 12.3. The number of nitrogens with zero attached hydrogens (tertiary/aromatic N) is 1. The molecular weight excluding hydrogens is 280 g/mol. The van der Waals surface area contributed by atoms with E-state index in [1.807, 2.05) is 0 Å². The molecule has 1 aliphatic rings. The molecular formula is C13H19BrN2O. The number of aliphatic hydroxyl groups excluding tert-OH is 1. The highest BCUT2D eigenvalue weighted by Gasteiger charge is 2.22. The first-order valence-corrected chi connectivity index (χ1v) is 6.77. The summed E-state index contributed by atoms with van der Waals surface area (Å²) in [5.41, 5.74) is 1.31. The Hall–Kier alpha value is -0.420. The van der Waals surface area contributed by atoms with Crippen LogP contribution >= 0.6 is 15.9 Å². The van der Waals surface area contributed by atoms with E-state index in [0.717, 1.165) is 30.5 Å². The molecule has 17 heavy (non-hydrogen) atoms. The van der Waals surface area contributed by atoms with Gasteiger partial charge in [-0.15, -0.1) is 0 Å². The lowest BCUT2D eigenvalue weighted by Crippen LogP contribution is -2.34. The van der Waals surface area contributed by atoms with E-state index in [-0.39, 0.29) is 6.10 Å². The fourth-order valence-electron chi connectivity index (χ4n) is 2.28. The van der Waals surface area contributed by atoms with Crippen molar-refractivity contribution in [3.63, 3.8) is 0 Å². The molecule has 0 radical (unpaired) electrons. The van der Waals surface area contributed by atoms with Gasteiger partial charge in [-0.2, -0.15) is 0 Å². The molecule has 3 nitrogen and oxygen atoms in total. The summed E-state index contributed by atoms with van der Waals surface area (Å²) in [7, 11) is 2.12. The summed E-state index contributed by atoms with van der Waals surface area (Å²) in [6.45, 7) is 2.66. The fraction of sp³-hybridized carbons (Fsp3) is 0.538. The van der Waals surface area contributed by atoms with Crippen LogP contribution in [0.3, 0.4) is 0 Å². The molecule has 2 atom stereocenters. The number of halogens is 1. The van der Waals surface area contributed by atoms with Crippen LogP contribution in [0.25, 0.3) is 0 Å². The van der Waals surface area contributed by atoms with Crippen molar-refractivity contribution in [1.29, 1.82) is 0 Å². The minimum atomic E-state index is -0.166. The average Bonchev–Trinajstić information content (AvgIpc) is 2.67. The molecule has 2 N–H and O–H groups in total. The van der Waals surface area contributed by atoms with Crippen LogP contribution in [0.2, 0.25) is 0 Å². The molecule has 2 rings (SSSR count). The van der Waals surface area contributed by atoms with Crippen molar-refractivity contribution in [2.24, 2.45) is 0 Å². The number of hydrogen-bond acceptors (Lipinski definition) is 3. The average molecular weight is 299 g/mol. The Balaban J connectivity index is 1.80. The van der Waals surface area contributed by atoms with Gasteiger partial charge in [-0.3, -0.25) is 0 Å². The van der Waals surface area contributed by atoms with Gasteiger partial charge in [0, 0.05) is 30.1 Å². The lowest BCUT2D eigenvalue weighted by atomic mass is 10.1. The Kier molecular flexibility index (Phi) is 4.56. The van der Waals surface area contributed by atoms with E-state index in [9.17, 15) is 5.11 Å². The van der Waals surface area contributed by atoms with E-state index >= 15 is 0 Å². The minimum absolute atomic E-state index is 0.166. The highest BCUT2D eigenvalue weighted by atomic mass is 79.9. The fourth-order valence-corrected chi connectivity index (χ4v) is 2.54. The molecule has 4 heteroatoms. The monoisotopic (exact) mass is 298 g/mol. The molecule has 1 aromatic carbocycles. The summed E-state index contributed by atoms with van der Waals surface area (Å²) in [5.74, 6) is 0. The second-order valence-corrected chi connectivity index (χ2v) is 5.73. The second-order valence-electron chi connectivity index (χ2n) is 4.82. The topological polar surface area (TPSA) is 35.5 Å².